The van der Waals surface area contributed by atoms with Crippen molar-refractivity contribution >= 4 is 27.4 Å². The Kier molecular flexibility index (Phi) is 18.7. The number of rotatable bonds is 13. The fourth-order valence-electron chi connectivity index (χ4n) is 13.8. The molecule has 2 aliphatic carbocycles. The van der Waals surface area contributed by atoms with E-state index in [2.05, 4.69) is 126 Å². The van der Waals surface area contributed by atoms with E-state index >= 15 is 4.39 Å². The quantitative estimate of drug-likeness (QED) is 0.101. The number of halogens is 1. The maximum Gasteiger partial charge on any atom is 0.190 e. The Bertz CT molecular complexity index is 6130. The van der Waals surface area contributed by atoms with Crippen LogP contribution in [0.5, 0.6) is 0 Å². The Hall–Kier alpha value is -15.2. The van der Waals surface area contributed by atoms with E-state index in [1.165, 1.54) is 45.2 Å². The van der Waals surface area contributed by atoms with Crippen LogP contribution in [0, 0.1) is 11.9 Å². The first-order valence-corrected chi connectivity index (χ1v) is 36.4. The van der Waals surface area contributed by atoms with Crippen LogP contribution in [0.25, 0.3) is 169 Å². The van der Waals surface area contributed by atoms with Gasteiger partial charge < -0.3 is 4.57 Å². The molecule has 0 fully saturated rings. The van der Waals surface area contributed by atoms with Gasteiger partial charge >= 0.3 is 0 Å². The fourth-order valence-corrected chi connectivity index (χ4v) is 13.8. The van der Waals surface area contributed by atoms with E-state index in [0.717, 1.165) is 78.8 Å². The molecule has 13 aromatic carbocycles. The summed E-state index contributed by atoms with van der Waals surface area (Å²) in [4.78, 5) is 58.9. The second-order valence-electron chi connectivity index (χ2n) is 26.4. The molecule has 522 valence electrons. The van der Waals surface area contributed by atoms with E-state index in [0.29, 0.717) is 81.0 Å². The first-order chi connectivity index (χ1) is 54.9. The lowest BCUT2D eigenvalue weighted by atomic mass is 10.1. The number of hydrogen-bond acceptors (Lipinski definition) is 12. The third-order valence-corrected chi connectivity index (χ3v) is 19.1. The molecule has 13 nitrogen and oxygen atoms in total. The average Bonchev–Trinajstić information content (AvgIpc) is 1.62. The third kappa shape index (κ3) is 14.5. The summed E-state index contributed by atoms with van der Waals surface area (Å²) in [6.45, 7) is 0. The summed E-state index contributed by atoms with van der Waals surface area (Å²) in [6.07, 6.45) is 11.5. The fraction of sp³-hybridized carbons (Fsp3) is 0.0103. The van der Waals surface area contributed by atoms with Gasteiger partial charge in [0.2, 0.25) is 0 Å². The number of hydrogen-bond donors (Lipinski definition) is 0. The zero-order valence-electron chi connectivity index (χ0n) is 59.6. The molecular weight excluding hydrogens is 1370 g/mol. The van der Waals surface area contributed by atoms with Crippen LogP contribution in [-0.4, -0.2) is 64.4 Å². The van der Waals surface area contributed by atoms with E-state index in [9.17, 15) is 0 Å². The highest BCUT2D eigenvalue weighted by Crippen LogP contribution is 2.39. The second kappa shape index (κ2) is 30.7. The lowest BCUT2D eigenvalue weighted by molar-refractivity contribution is 0.628. The molecule has 0 N–H and O–H groups in total. The van der Waals surface area contributed by atoms with Gasteiger partial charge in [0, 0.05) is 83.7 Å². The van der Waals surface area contributed by atoms with Crippen molar-refractivity contribution < 1.29 is 4.39 Å². The van der Waals surface area contributed by atoms with Crippen molar-refractivity contribution in [3.05, 3.63) is 399 Å². The summed E-state index contributed by atoms with van der Waals surface area (Å²) in [5, 5.41) is 2.33. The van der Waals surface area contributed by atoms with Crippen LogP contribution in [0.1, 0.15) is 17.0 Å². The van der Waals surface area contributed by atoms with Crippen LogP contribution in [0.2, 0.25) is 0 Å². The monoisotopic (exact) mass is 1430 g/mol. The van der Waals surface area contributed by atoms with Gasteiger partial charge in [-0.15, -0.1) is 0 Å². The highest BCUT2D eigenvalue weighted by atomic mass is 19.1. The molecule has 5 aromatic heterocycles. The first-order valence-electron chi connectivity index (χ1n) is 36.4. The molecule has 2 aliphatic rings. The zero-order valence-corrected chi connectivity index (χ0v) is 59.6. The van der Waals surface area contributed by atoms with Crippen LogP contribution in [0.3, 0.4) is 0 Å². The molecule has 0 saturated carbocycles. The van der Waals surface area contributed by atoms with E-state index in [4.69, 9.17) is 59.8 Å². The molecule has 18 aromatic rings. The third-order valence-electron chi connectivity index (χ3n) is 19.1. The van der Waals surface area contributed by atoms with Crippen LogP contribution in [0.4, 0.5) is 4.39 Å². The number of benzene rings is 13. The topological polar surface area (TPSA) is 160 Å². The normalized spacial score (nSPS) is 11.7. The Morgan fingerprint density at radius 2 is 0.514 bits per heavy atom. The van der Waals surface area contributed by atoms with Gasteiger partial charge in [-0.1, -0.05) is 297 Å². The van der Waals surface area contributed by atoms with Crippen LogP contribution < -0.4 is 0 Å². The van der Waals surface area contributed by atoms with Crippen molar-refractivity contribution in [2.24, 2.45) is 0 Å². The highest BCUT2D eigenvalue weighted by Gasteiger charge is 2.24. The number of fused-ring (bicyclic) bond motifs is 6. The van der Waals surface area contributed by atoms with E-state index in [1.807, 2.05) is 224 Å². The minimum Gasteiger partial charge on any atom is -0.309 e. The van der Waals surface area contributed by atoms with E-state index < -0.39 is 5.82 Å². The summed E-state index contributed by atoms with van der Waals surface area (Å²) in [5.41, 5.74) is 18.3. The second-order valence-corrected chi connectivity index (χ2v) is 26.4. The lowest BCUT2D eigenvalue weighted by Gasteiger charge is -2.14. The Balaban J connectivity index is 0.000000136. The molecule has 0 radical (unpaired) electrons. The molecular formula is C97H63FN13+. The van der Waals surface area contributed by atoms with Gasteiger partial charge in [-0.2, -0.15) is 0 Å². The molecule has 5 heterocycles. The molecule has 0 amide bonds. The van der Waals surface area contributed by atoms with Crippen LogP contribution in [0.15, 0.2) is 370 Å². The van der Waals surface area contributed by atoms with Gasteiger partial charge in [-0.3, -0.25) is 0 Å². The largest absolute Gasteiger partial charge is 0.309 e. The van der Waals surface area contributed by atoms with E-state index in [-0.39, 0.29) is 0 Å². The van der Waals surface area contributed by atoms with Gasteiger partial charge in [0.25, 0.3) is 0 Å². The molecule has 0 atom stereocenters. The summed E-state index contributed by atoms with van der Waals surface area (Å²) < 4.78 is 17.6. The van der Waals surface area contributed by atoms with E-state index in [1.54, 1.807) is 18.2 Å². The Morgan fingerprint density at radius 1 is 0.252 bits per heavy atom. The SMILES string of the molecule is Fc1cc(-c2nc(C3=CC=[C+]C=C3)nc(-c3ccccc3)n2)cc(-c2nc(-c3ccccc3)nc(-c3ccccc3)n2)c1.c1ccc(-c2nc(-c3ccccc3)nc(-c3cc(-c4nc(-c5ccccc5)nc(-c5ccccc5)n4)cc(-n4c5ccccc5c5ccccc54)c3)n2)cc1.c1ccc2c(c1)Cc1ccccc1-2. The zero-order chi connectivity index (χ0) is 74.2. The van der Waals surface area contributed by atoms with Gasteiger partial charge in [0.15, 0.2) is 69.9 Å². The summed E-state index contributed by atoms with van der Waals surface area (Å²) in [7, 11) is 0. The molecule has 14 heteroatoms. The number of para-hydroxylation sites is 2. The summed E-state index contributed by atoms with van der Waals surface area (Å²) >= 11 is 0. The number of nitrogens with zero attached hydrogens (tertiary/aromatic N) is 13. The van der Waals surface area contributed by atoms with Crippen molar-refractivity contribution in [2.45, 2.75) is 6.42 Å². The van der Waals surface area contributed by atoms with Gasteiger partial charge in [0.1, 0.15) is 23.5 Å². The minimum atomic E-state index is -0.465. The summed E-state index contributed by atoms with van der Waals surface area (Å²) in [5.74, 6) is 5.58. The minimum absolute atomic E-state index is 0.332. The average molecular weight is 1430 g/mol. The van der Waals surface area contributed by atoms with Crippen molar-refractivity contribution in [3.63, 3.8) is 0 Å². The lowest BCUT2D eigenvalue weighted by Crippen LogP contribution is -2.03. The summed E-state index contributed by atoms with van der Waals surface area (Å²) in [6, 6.07) is 114. The van der Waals surface area contributed by atoms with Crippen LogP contribution >= 0.6 is 0 Å². The smallest absolute Gasteiger partial charge is 0.190 e. The molecule has 0 unspecified atom stereocenters. The Morgan fingerprint density at radius 3 is 0.820 bits per heavy atom. The maximum atomic E-state index is 15.3. The molecule has 0 spiro atoms. The molecule has 20 rings (SSSR count). The van der Waals surface area contributed by atoms with Gasteiger partial charge in [-0.05, 0) is 77.2 Å². The van der Waals surface area contributed by atoms with Gasteiger partial charge in [-0.25, -0.2) is 64.2 Å². The first kappa shape index (κ1) is 67.6. The van der Waals surface area contributed by atoms with Crippen molar-refractivity contribution in [2.75, 3.05) is 0 Å². The van der Waals surface area contributed by atoms with Crippen molar-refractivity contribution in [1.82, 2.24) is 64.4 Å². The van der Waals surface area contributed by atoms with Crippen molar-refractivity contribution in [1.29, 1.82) is 0 Å². The molecule has 0 saturated heterocycles. The maximum absolute atomic E-state index is 15.3. The predicted octanol–water partition coefficient (Wildman–Crippen LogP) is 22.3. The Labute approximate surface area is 639 Å². The molecule has 111 heavy (non-hydrogen) atoms. The molecule has 0 aliphatic heterocycles. The van der Waals surface area contributed by atoms with Gasteiger partial charge in [0.05, 0.1) is 23.2 Å². The molecule has 0 bridgehead atoms. The highest BCUT2D eigenvalue weighted by molar-refractivity contribution is 6.09. The predicted molar refractivity (Wildman–Crippen MR) is 440 cm³/mol. The van der Waals surface area contributed by atoms with Crippen LogP contribution in [-0.2, 0) is 6.42 Å². The standard InChI is InChI=1S/C48H31N7.C36H22FN6.C13H10/c1-5-17-32(18-6-1)43-49-44(33-19-7-2-8-20-33)52-47(51-43)36-29-37(31-38(30-36)55-41-27-15-13-25-39(41)40-26-14-16-28-42(40)55)48-53-45(34-21-9-3-10-22-34)50-46(54-48)35-23-11-4-12-24-35;37-30-22-28(35-40-31(24-13-5-1-6-14-24)38-32(41-35)25-15-7-2-8-16-25)21-29(23-30)36-42-33(26-17-9-3-10-18-26)39-34(43-36)27-19-11-4-12-20-27;1-3-7-12-10(5-1)9-11-6-2-4-8-13(11)12/h1-31H;1-3,5-23H;1-8H,9H2/q;+1;. The van der Waals surface area contributed by atoms with Crippen molar-refractivity contribution in [3.8, 4) is 142 Å². The number of aromatic nitrogens is 13. The number of allylic oxidation sites excluding steroid dienone is 6.